The molecule has 150 valence electrons. The molecule has 0 aliphatic carbocycles. The number of carbonyl (C=O) groups excluding carboxylic acids is 1. The Morgan fingerprint density at radius 2 is 2.25 bits per heavy atom. The van der Waals surface area contributed by atoms with E-state index in [1.165, 1.54) is 4.68 Å². The second-order valence-electron chi connectivity index (χ2n) is 6.98. The zero-order valence-electron chi connectivity index (χ0n) is 15.9. The first-order valence-electron chi connectivity index (χ1n) is 9.41. The number of carbonyl (C=O) groups is 1. The number of ether oxygens (including phenoxy) is 1. The van der Waals surface area contributed by atoms with Crippen LogP contribution in [0.3, 0.4) is 0 Å². The smallest absolute Gasteiger partial charge is 0.268 e. The van der Waals surface area contributed by atoms with Gasteiger partial charge in [-0.2, -0.15) is 5.10 Å². The zero-order valence-corrected chi connectivity index (χ0v) is 16.7. The molecule has 1 aliphatic rings. The molecule has 0 spiro atoms. The molecular weight excluding hydrogens is 380 g/mol. The van der Waals surface area contributed by atoms with E-state index in [9.17, 15) is 9.59 Å². The van der Waals surface area contributed by atoms with Gasteiger partial charge in [0.15, 0.2) is 0 Å². The number of hydrogen-bond acceptors (Lipinski definition) is 5. The summed E-state index contributed by atoms with van der Waals surface area (Å²) >= 11 is 5.96. The summed E-state index contributed by atoms with van der Waals surface area (Å²) in [6.45, 7) is 2.46. The van der Waals surface area contributed by atoms with E-state index in [4.69, 9.17) is 16.3 Å². The van der Waals surface area contributed by atoms with Gasteiger partial charge < -0.3 is 15.0 Å². The SMILES string of the molecule is COCCn1ncc(N2CCCC(CC(=O)Nc3cccc(Cl)c3)C2)cc1=O. The molecule has 8 heteroatoms. The molecule has 1 aromatic carbocycles. The summed E-state index contributed by atoms with van der Waals surface area (Å²) in [7, 11) is 1.59. The average Bonchev–Trinajstić information content (AvgIpc) is 2.67. The van der Waals surface area contributed by atoms with Crippen molar-refractivity contribution in [1.82, 2.24) is 9.78 Å². The number of nitrogens with one attached hydrogen (secondary N) is 1. The lowest BCUT2D eigenvalue weighted by molar-refractivity contribution is -0.117. The predicted molar refractivity (Wildman–Crippen MR) is 110 cm³/mol. The summed E-state index contributed by atoms with van der Waals surface area (Å²) in [6.07, 6.45) is 4.10. The minimum absolute atomic E-state index is 0.0257. The van der Waals surface area contributed by atoms with Gasteiger partial charge in [-0.25, -0.2) is 4.68 Å². The standard InChI is InChI=1S/C20H25ClN4O3/c1-28-9-8-25-20(27)12-18(13-22-25)24-7-3-4-15(14-24)10-19(26)23-17-6-2-5-16(21)11-17/h2,5-6,11-13,15H,3-4,7-10,14H2,1H3,(H,23,26). The highest BCUT2D eigenvalue weighted by atomic mass is 35.5. The van der Waals surface area contributed by atoms with Crippen LogP contribution in [0.2, 0.25) is 5.02 Å². The third-order valence-electron chi connectivity index (χ3n) is 4.83. The topological polar surface area (TPSA) is 76.5 Å². The van der Waals surface area contributed by atoms with E-state index in [1.807, 2.05) is 12.1 Å². The zero-order chi connectivity index (χ0) is 19.9. The van der Waals surface area contributed by atoms with Crippen LogP contribution in [0, 0.1) is 5.92 Å². The van der Waals surface area contributed by atoms with E-state index >= 15 is 0 Å². The summed E-state index contributed by atoms with van der Waals surface area (Å²) in [6, 6.07) is 8.74. The summed E-state index contributed by atoms with van der Waals surface area (Å²) < 4.78 is 6.39. The monoisotopic (exact) mass is 404 g/mol. The molecule has 1 amide bonds. The average molecular weight is 405 g/mol. The van der Waals surface area contributed by atoms with Crippen LogP contribution in [0.4, 0.5) is 11.4 Å². The molecule has 1 N–H and O–H groups in total. The summed E-state index contributed by atoms with van der Waals surface area (Å²) in [5, 5.41) is 7.73. The van der Waals surface area contributed by atoms with E-state index in [0.717, 1.165) is 31.6 Å². The number of rotatable bonds is 7. The highest BCUT2D eigenvalue weighted by Gasteiger charge is 2.23. The van der Waals surface area contributed by atoms with Gasteiger partial charge in [0, 0.05) is 43.4 Å². The van der Waals surface area contributed by atoms with Crippen LogP contribution in [0.25, 0.3) is 0 Å². The lowest BCUT2D eigenvalue weighted by Gasteiger charge is -2.34. The van der Waals surface area contributed by atoms with Gasteiger partial charge in [-0.15, -0.1) is 0 Å². The van der Waals surface area contributed by atoms with Crippen molar-refractivity contribution in [1.29, 1.82) is 0 Å². The molecule has 0 saturated carbocycles. The van der Waals surface area contributed by atoms with Crippen molar-refractivity contribution in [2.75, 3.05) is 37.0 Å². The molecular formula is C20H25ClN4O3. The molecule has 2 heterocycles. The first-order valence-corrected chi connectivity index (χ1v) is 9.79. The van der Waals surface area contributed by atoms with Gasteiger partial charge in [0.1, 0.15) is 0 Å². The Hall–Kier alpha value is -2.38. The normalized spacial score (nSPS) is 16.8. The van der Waals surface area contributed by atoms with Crippen molar-refractivity contribution in [3.05, 3.63) is 51.9 Å². The first kappa shape index (κ1) is 20.4. The Morgan fingerprint density at radius 3 is 3.00 bits per heavy atom. The van der Waals surface area contributed by atoms with Crippen molar-refractivity contribution in [2.45, 2.75) is 25.8 Å². The molecule has 2 aromatic rings. The Morgan fingerprint density at radius 1 is 1.39 bits per heavy atom. The maximum Gasteiger partial charge on any atom is 0.268 e. The van der Waals surface area contributed by atoms with Crippen LogP contribution in [-0.2, 0) is 16.1 Å². The largest absolute Gasteiger partial charge is 0.383 e. The van der Waals surface area contributed by atoms with E-state index in [-0.39, 0.29) is 17.4 Å². The molecule has 28 heavy (non-hydrogen) atoms. The van der Waals surface area contributed by atoms with Gasteiger partial charge in [0.05, 0.1) is 25.0 Å². The number of piperidine rings is 1. The number of anilines is 2. The molecule has 1 aromatic heterocycles. The Labute approximate surface area is 169 Å². The molecule has 7 nitrogen and oxygen atoms in total. The maximum absolute atomic E-state index is 12.4. The summed E-state index contributed by atoms with van der Waals surface area (Å²) in [5.74, 6) is 0.200. The first-order chi connectivity index (χ1) is 13.5. The number of aromatic nitrogens is 2. The number of halogens is 1. The summed E-state index contributed by atoms with van der Waals surface area (Å²) in [4.78, 5) is 26.7. The van der Waals surface area contributed by atoms with E-state index < -0.39 is 0 Å². The number of nitrogens with zero attached hydrogens (tertiary/aromatic N) is 3. The third kappa shape index (κ3) is 5.56. The Balaban J connectivity index is 1.58. The van der Waals surface area contributed by atoms with Crippen molar-refractivity contribution < 1.29 is 9.53 Å². The quantitative estimate of drug-likeness (QED) is 0.767. The lowest BCUT2D eigenvalue weighted by atomic mass is 9.94. The second kappa shape index (κ2) is 9.71. The predicted octanol–water partition coefficient (Wildman–Crippen LogP) is 2.79. The van der Waals surface area contributed by atoms with Gasteiger partial charge >= 0.3 is 0 Å². The molecule has 1 saturated heterocycles. The van der Waals surface area contributed by atoms with E-state index in [2.05, 4.69) is 15.3 Å². The van der Waals surface area contributed by atoms with E-state index in [0.29, 0.717) is 30.3 Å². The number of amides is 1. The van der Waals surface area contributed by atoms with Crippen molar-refractivity contribution in [2.24, 2.45) is 5.92 Å². The van der Waals surface area contributed by atoms with Gasteiger partial charge in [0.2, 0.25) is 5.91 Å². The third-order valence-corrected chi connectivity index (χ3v) is 5.06. The van der Waals surface area contributed by atoms with Crippen molar-refractivity contribution in [3.8, 4) is 0 Å². The van der Waals surface area contributed by atoms with Gasteiger partial charge in [-0.3, -0.25) is 9.59 Å². The van der Waals surface area contributed by atoms with E-state index in [1.54, 1.807) is 31.5 Å². The van der Waals surface area contributed by atoms with Gasteiger partial charge in [0.25, 0.3) is 5.56 Å². The minimum atomic E-state index is -0.143. The second-order valence-corrected chi connectivity index (χ2v) is 7.42. The fourth-order valence-corrected chi connectivity index (χ4v) is 3.64. The maximum atomic E-state index is 12.4. The van der Waals surface area contributed by atoms with Crippen LogP contribution >= 0.6 is 11.6 Å². The highest BCUT2D eigenvalue weighted by molar-refractivity contribution is 6.30. The number of hydrogen-bond donors (Lipinski definition) is 1. The molecule has 1 unspecified atom stereocenters. The van der Waals surface area contributed by atoms with Crippen molar-refractivity contribution in [3.63, 3.8) is 0 Å². The minimum Gasteiger partial charge on any atom is -0.383 e. The van der Waals surface area contributed by atoms with Crippen LogP contribution < -0.4 is 15.8 Å². The fourth-order valence-electron chi connectivity index (χ4n) is 3.45. The Kier molecular flexibility index (Phi) is 7.06. The van der Waals surface area contributed by atoms with Crippen LogP contribution in [-0.4, -0.2) is 42.5 Å². The van der Waals surface area contributed by atoms with Gasteiger partial charge in [-0.05, 0) is 37.0 Å². The molecule has 3 rings (SSSR count). The summed E-state index contributed by atoms with van der Waals surface area (Å²) in [5.41, 5.74) is 1.36. The lowest BCUT2D eigenvalue weighted by Crippen LogP contribution is -2.38. The van der Waals surface area contributed by atoms with Gasteiger partial charge in [-0.1, -0.05) is 17.7 Å². The molecule has 1 fully saturated rings. The molecule has 0 bridgehead atoms. The molecule has 1 atom stereocenters. The molecule has 1 aliphatic heterocycles. The van der Waals surface area contributed by atoms with Crippen molar-refractivity contribution >= 4 is 28.9 Å². The number of methoxy groups -OCH3 is 1. The van der Waals surface area contributed by atoms with Crippen LogP contribution in [0.15, 0.2) is 41.3 Å². The van der Waals surface area contributed by atoms with Crippen LogP contribution in [0.1, 0.15) is 19.3 Å². The highest BCUT2D eigenvalue weighted by Crippen LogP contribution is 2.24. The molecule has 0 radical (unpaired) electrons. The number of benzene rings is 1. The van der Waals surface area contributed by atoms with Crippen LogP contribution in [0.5, 0.6) is 0 Å². The fraction of sp³-hybridized carbons (Fsp3) is 0.450. The Bertz CT molecular complexity index is 871.